The molecule has 1 aromatic carbocycles. The molecule has 4 heteroatoms. The molecular formula is C15H17FINS. The maximum Gasteiger partial charge on any atom is 0.123 e. The number of hydrogen-bond donors (Lipinski definition) is 1. The topological polar surface area (TPSA) is 12.0 Å². The second-order valence-electron chi connectivity index (χ2n) is 4.52. The van der Waals surface area contributed by atoms with Gasteiger partial charge in [0, 0.05) is 6.04 Å². The minimum Gasteiger partial charge on any atom is -0.310 e. The predicted octanol–water partition coefficient (Wildman–Crippen LogP) is 4.78. The van der Waals surface area contributed by atoms with E-state index in [-0.39, 0.29) is 11.9 Å². The van der Waals surface area contributed by atoms with Crippen molar-refractivity contribution in [3.8, 4) is 0 Å². The summed E-state index contributed by atoms with van der Waals surface area (Å²) in [5, 5.41) is 5.74. The van der Waals surface area contributed by atoms with E-state index in [4.69, 9.17) is 0 Å². The van der Waals surface area contributed by atoms with E-state index >= 15 is 0 Å². The Balaban J connectivity index is 2.13. The molecule has 0 fully saturated rings. The van der Waals surface area contributed by atoms with Gasteiger partial charge in [-0.25, -0.2) is 4.39 Å². The first kappa shape index (κ1) is 14.9. The lowest BCUT2D eigenvalue weighted by Gasteiger charge is -2.17. The number of halogens is 2. The molecule has 0 bridgehead atoms. The Morgan fingerprint density at radius 1 is 1.37 bits per heavy atom. The van der Waals surface area contributed by atoms with Crippen LogP contribution in [-0.2, 0) is 6.42 Å². The zero-order valence-corrected chi connectivity index (χ0v) is 13.8. The predicted molar refractivity (Wildman–Crippen MR) is 88.2 cm³/mol. The summed E-state index contributed by atoms with van der Waals surface area (Å²) < 4.78 is 14.5. The molecule has 1 nitrogen and oxygen atoms in total. The Labute approximate surface area is 131 Å². The van der Waals surface area contributed by atoms with Gasteiger partial charge in [-0.05, 0) is 76.7 Å². The standard InChI is InChI=1S/C15H17FINS/c1-2-6-18-14(12-9-15(17)19-10-12)8-11-4-3-5-13(16)7-11/h3-5,7,9-10,14,18H,2,6,8H2,1H3. The Kier molecular flexibility index (Phi) is 5.78. The van der Waals surface area contributed by atoms with Crippen molar-refractivity contribution in [1.29, 1.82) is 0 Å². The Hall–Kier alpha value is -0.460. The lowest BCUT2D eigenvalue weighted by molar-refractivity contribution is 0.528. The molecule has 2 rings (SSSR count). The molecular weight excluding hydrogens is 372 g/mol. The third-order valence-corrected chi connectivity index (χ3v) is 4.77. The fourth-order valence-electron chi connectivity index (χ4n) is 2.03. The van der Waals surface area contributed by atoms with E-state index in [0.717, 1.165) is 24.9 Å². The molecule has 0 spiro atoms. The molecule has 2 aromatic rings. The van der Waals surface area contributed by atoms with Gasteiger partial charge in [-0.3, -0.25) is 0 Å². The second kappa shape index (κ2) is 7.36. The molecule has 0 aliphatic carbocycles. The van der Waals surface area contributed by atoms with Crippen LogP contribution in [0.2, 0.25) is 0 Å². The first-order valence-corrected chi connectivity index (χ1v) is 8.36. The first-order chi connectivity index (χ1) is 9.19. The minimum atomic E-state index is -0.161. The van der Waals surface area contributed by atoms with Crippen molar-refractivity contribution in [1.82, 2.24) is 5.32 Å². The quantitative estimate of drug-likeness (QED) is 0.702. The van der Waals surface area contributed by atoms with Crippen LogP contribution in [-0.4, -0.2) is 6.54 Å². The van der Waals surface area contributed by atoms with E-state index in [1.165, 1.54) is 14.5 Å². The van der Waals surface area contributed by atoms with Crippen LogP contribution in [0.3, 0.4) is 0 Å². The summed E-state index contributed by atoms with van der Waals surface area (Å²) >= 11 is 4.09. The molecule has 0 aliphatic heterocycles. The second-order valence-corrected chi connectivity index (χ2v) is 7.33. The van der Waals surface area contributed by atoms with Gasteiger partial charge in [0.1, 0.15) is 5.82 Å². The van der Waals surface area contributed by atoms with Crippen molar-refractivity contribution in [2.24, 2.45) is 0 Å². The summed E-state index contributed by atoms with van der Waals surface area (Å²) in [6.45, 7) is 3.13. The van der Waals surface area contributed by atoms with E-state index in [2.05, 4.69) is 46.3 Å². The zero-order chi connectivity index (χ0) is 13.7. The maximum atomic E-state index is 13.3. The first-order valence-electron chi connectivity index (χ1n) is 6.40. The molecule has 1 heterocycles. The number of benzene rings is 1. The molecule has 1 N–H and O–H groups in total. The highest BCUT2D eigenvalue weighted by Gasteiger charge is 2.13. The normalized spacial score (nSPS) is 12.6. The van der Waals surface area contributed by atoms with Crippen LogP contribution >= 0.6 is 33.9 Å². The van der Waals surface area contributed by atoms with E-state index in [1.807, 2.05) is 6.07 Å². The summed E-state index contributed by atoms with van der Waals surface area (Å²) in [5.41, 5.74) is 2.34. The van der Waals surface area contributed by atoms with Crippen molar-refractivity contribution in [2.45, 2.75) is 25.8 Å². The molecule has 0 amide bonds. The van der Waals surface area contributed by atoms with Gasteiger partial charge in [0.05, 0.1) is 2.88 Å². The Bertz CT molecular complexity index is 526. The monoisotopic (exact) mass is 389 g/mol. The molecule has 19 heavy (non-hydrogen) atoms. The van der Waals surface area contributed by atoms with Crippen LogP contribution in [0.25, 0.3) is 0 Å². The Morgan fingerprint density at radius 3 is 2.84 bits per heavy atom. The average molecular weight is 389 g/mol. The van der Waals surface area contributed by atoms with Crippen LogP contribution in [0.1, 0.15) is 30.5 Å². The largest absolute Gasteiger partial charge is 0.310 e. The van der Waals surface area contributed by atoms with Gasteiger partial charge in [-0.1, -0.05) is 19.1 Å². The molecule has 1 unspecified atom stereocenters. The maximum absolute atomic E-state index is 13.3. The third-order valence-electron chi connectivity index (χ3n) is 2.96. The van der Waals surface area contributed by atoms with E-state index in [9.17, 15) is 4.39 Å². The van der Waals surface area contributed by atoms with Crippen LogP contribution in [0.4, 0.5) is 4.39 Å². The molecule has 0 aliphatic rings. The van der Waals surface area contributed by atoms with Crippen LogP contribution < -0.4 is 5.32 Å². The molecule has 0 saturated heterocycles. The highest BCUT2D eigenvalue weighted by molar-refractivity contribution is 14.1. The number of thiophene rings is 1. The summed E-state index contributed by atoms with van der Waals surface area (Å²) in [4.78, 5) is 0. The summed E-state index contributed by atoms with van der Waals surface area (Å²) in [7, 11) is 0. The van der Waals surface area contributed by atoms with E-state index < -0.39 is 0 Å². The Morgan fingerprint density at radius 2 is 2.21 bits per heavy atom. The lowest BCUT2D eigenvalue weighted by Crippen LogP contribution is -2.23. The van der Waals surface area contributed by atoms with Gasteiger partial charge < -0.3 is 5.32 Å². The molecule has 1 aromatic heterocycles. The SMILES string of the molecule is CCCNC(Cc1cccc(F)c1)c1csc(I)c1. The number of rotatable bonds is 6. The van der Waals surface area contributed by atoms with Gasteiger partial charge in [-0.2, -0.15) is 0 Å². The van der Waals surface area contributed by atoms with Crippen molar-refractivity contribution in [3.05, 3.63) is 55.5 Å². The smallest absolute Gasteiger partial charge is 0.123 e. The average Bonchev–Trinajstić information content (AvgIpc) is 2.81. The highest BCUT2D eigenvalue weighted by atomic mass is 127. The van der Waals surface area contributed by atoms with Gasteiger partial charge in [0.2, 0.25) is 0 Å². The van der Waals surface area contributed by atoms with Gasteiger partial charge in [0.15, 0.2) is 0 Å². The molecule has 0 saturated carbocycles. The fourth-order valence-corrected chi connectivity index (χ4v) is 3.46. The zero-order valence-electron chi connectivity index (χ0n) is 10.8. The summed E-state index contributed by atoms with van der Waals surface area (Å²) in [6.07, 6.45) is 1.92. The van der Waals surface area contributed by atoms with Crippen molar-refractivity contribution >= 4 is 33.9 Å². The third kappa shape index (κ3) is 4.54. The van der Waals surface area contributed by atoms with E-state index in [1.54, 1.807) is 23.5 Å². The highest BCUT2D eigenvalue weighted by Crippen LogP contribution is 2.25. The number of nitrogens with one attached hydrogen (secondary N) is 1. The molecule has 1 atom stereocenters. The van der Waals surface area contributed by atoms with Crippen molar-refractivity contribution < 1.29 is 4.39 Å². The fraction of sp³-hybridized carbons (Fsp3) is 0.333. The van der Waals surface area contributed by atoms with Crippen LogP contribution in [0.15, 0.2) is 35.7 Å². The summed E-state index contributed by atoms with van der Waals surface area (Å²) in [6, 6.07) is 9.35. The van der Waals surface area contributed by atoms with Gasteiger partial charge in [0.25, 0.3) is 0 Å². The van der Waals surface area contributed by atoms with Crippen LogP contribution in [0.5, 0.6) is 0 Å². The van der Waals surface area contributed by atoms with Gasteiger partial charge >= 0.3 is 0 Å². The van der Waals surface area contributed by atoms with Crippen molar-refractivity contribution in [3.63, 3.8) is 0 Å². The van der Waals surface area contributed by atoms with Gasteiger partial charge in [-0.15, -0.1) is 11.3 Å². The van der Waals surface area contributed by atoms with E-state index in [0.29, 0.717) is 0 Å². The number of hydrogen-bond acceptors (Lipinski definition) is 2. The molecule has 102 valence electrons. The van der Waals surface area contributed by atoms with Crippen LogP contribution in [0, 0.1) is 8.70 Å². The lowest BCUT2D eigenvalue weighted by atomic mass is 10.0. The minimum absolute atomic E-state index is 0.161. The molecule has 0 radical (unpaired) electrons. The van der Waals surface area contributed by atoms with Crippen molar-refractivity contribution in [2.75, 3.05) is 6.54 Å². The summed E-state index contributed by atoms with van der Waals surface area (Å²) in [5.74, 6) is -0.161.